The lowest BCUT2D eigenvalue weighted by atomic mass is 10.0. The second-order valence-electron chi connectivity index (χ2n) is 6.77. The lowest BCUT2D eigenvalue weighted by Gasteiger charge is -2.05. The van der Waals surface area contributed by atoms with Crippen molar-refractivity contribution in [1.82, 2.24) is 0 Å². The van der Waals surface area contributed by atoms with E-state index in [-0.39, 0.29) is 16.4 Å². The van der Waals surface area contributed by atoms with Crippen LogP contribution in [-0.4, -0.2) is 19.2 Å². The number of nitrogens with one attached hydrogen (secondary N) is 1. The maximum Gasteiger partial charge on any atom is 0.284 e. The first-order chi connectivity index (χ1) is 14.3. The lowest BCUT2D eigenvalue weighted by molar-refractivity contribution is -0.385. The van der Waals surface area contributed by atoms with Crippen LogP contribution in [0.4, 0.5) is 11.4 Å². The zero-order valence-corrected chi connectivity index (χ0v) is 16.8. The Morgan fingerprint density at radius 3 is 2.37 bits per heavy atom. The molecule has 30 heavy (non-hydrogen) atoms. The molecule has 3 aromatic carbocycles. The standard InChI is InChI=1S/C22H17N3O4S/c1-15-10-12-17(13-11-15)30(28,29)24-22-19(18-7-3-4-8-20(18)23-22)14-16-6-2-5-9-21(16)25(26)27/h2-14H,1H3,(H,23,24)/b19-14+. The van der Waals surface area contributed by atoms with Gasteiger partial charge in [0.15, 0.2) is 5.84 Å². The van der Waals surface area contributed by atoms with Crippen LogP contribution in [0.2, 0.25) is 0 Å². The highest BCUT2D eigenvalue weighted by atomic mass is 32.2. The summed E-state index contributed by atoms with van der Waals surface area (Å²) in [6, 6.07) is 19.9. The number of amidine groups is 1. The number of sulfonamides is 1. The molecule has 1 heterocycles. The molecule has 1 aliphatic rings. The van der Waals surface area contributed by atoms with E-state index in [9.17, 15) is 18.5 Å². The summed E-state index contributed by atoms with van der Waals surface area (Å²) in [6.07, 6.45) is 1.58. The first kappa shape index (κ1) is 19.5. The van der Waals surface area contributed by atoms with Crippen molar-refractivity contribution in [2.45, 2.75) is 11.8 Å². The first-order valence-corrected chi connectivity index (χ1v) is 10.5. The van der Waals surface area contributed by atoms with E-state index in [2.05, 4.69) is 9.71 Å². The van der Waals surface area contributed by atoms with Crippen molar-refractivity contribution < 1.29 is 13.3 Å². The molecule has 0 radical (unpaired) electrons. The summed E-state index contributed by atoms with van der Waals surface area (Å²) < 4.78 is 29.7. The number of hydrogen-bond acceptors (Lipinski definition) is 4. The minimum absolute atomic E-state index is 0.0726. The van der Waals surface area contributed by atoms with Crippen LogP contribution in [0.5, 0.6) is 0 Å². The summed E-state index contributed by atoms with van der Waals surface area (Å²) in [5.41, 5.74) is 3.08. The molecule has 0 aliphatic carbocycles. The van der Waals surface area contributed by atoms with Crippen LogP contribution in [0.1, 0.15) is 16.7 Å². The summed E-state index contributed by atoms with van der Waals surface area (Å²) in [5, 5.41) is 14.4. The van der Waals surface area contributed by atoms with Crippen molar-refractivity contribution in [2.24, 2.45) is 4.40 Å². The normalized spacial score (nSPS) is 15.8. The molecule has 0 bridgehead atoms. The third-order valence-electron chi connectivity index (χ3n) is 4.69. The van der Waals surface area contributed by atoms with Crippen LogP contribution < -0.4 is 5.32 Å². The van der Waals surface area contributed by atoms with Crippen molar-refractivity contribution in [3.05, 3.63) is 99.6 Å². The van der Waals surface area contributed by atoms with Crippen LogP contribution in [0, 0.1) is 17.0 Å². The van der Waals surface area contributed by atoms with Gasteiger partial charge in [-0.1, -0.05) is 48.0 Å². The van der Waals surface area contributed by atoms with E-state index in [4.69, 9.17) is 0 Å². The quantitative estimate of drug-likeness (QED) is 0.490. The topological polar surface area (TPSA) is 102 Å². The molecule has 0 spiro atoms. The van der Waals surface area contributed by atoms with Crippen molar-refractivity contribution in [1.29, 1.82) is 0 Å². The average Bonchev–Trinajstić information content (AvgIpc) is 3.05. The number of nitro groups is 1. The molecule has 0 saturated carbocycles. The van der Waals surface area contributed by atoms with Crippen molar-refractivity contribution >= 4 is 38.9 Å². The van der Waals surface area contributed by atoms with E-state index < -0.39 is 14.9 Å². The summed E-state index contributed by atoms with van der Waals surface area (Å²) in [4.78, 5) is 11.0. The Kier molecular flexibility index (Phi) is 4.93. The molecular weight excluding hydrogens is 402 g/mol. The largest absolute Gasteiger partial charge is 0.339 e. The number of para-hydroxylation sites is 2. The van der Waals surface area contributed by atoms with Gasteiger partial charge in [0.05, 0.1) is 15.4 Å². The van der Waals surface area contributed by atoms with Gasteiger partial charge in [0.2, 0.25) is 0 Å². The third kappa shape index (κ3) is 3.72. The number of hydrogen-bond donors (Lipinski definition) is 1. The van der Waals surface area contributed by atoms with Crippen molar-refractivity contribution in [3.8, 4) is 0 Å². The second kappa shape index (κ2) is 7.57. The first-order valence-electron chi connectivity index (χ1n) is 9.09. The molecule has 7 nitrogen and oxygen atoms in total. The van der Waals surface area contributed by atoms with E-state index in [0.717, 1.165) is 5.56 Å². The third-order valence-corrected chi connectivity index (χ3v) is 5.98. The number of nitro benzene ring substituents is 1. The van der Waals surface area contributed by atoms with Crippen LogP contribution in [0.3, 0.4) is 0 Å². The molecule has 0 amide bonds. The monoisotopic (exact) mass is 419 g/mol. The Hall–Kier alpha value is -3.78. The van der Waals surface area contributed by atoms with Gasteiger partial charge in [-0.15, -0.1) is 4.40 Å². The van der Waals surface area contributed by atoms with Crippen LogP contribution >= 0.6 is 0 Å². The molecule has 8 heteroatoms. The van der Waals surface area contributed by atoms with Gasteiger partial charge in [-0.05, 0) is 37.3 Å². The molecule has 1 N–H and O–H groups in total. The number of anilines is 1. The molecule has 0 fully saturated rings. The van der Waals surface area contributed by atoms with Crippen molar-refractivity contribution in [2.75, 3.05) is 5.32 Å². The Morgan fingerprint density at radius 2 is 1.63 bits per heavy atom. The Morgan fingerprint density at radius 1 is 0.967 bits per heavy atom. The highest BCUT2D eigenvalue weighted by Crippen LogP contribution is 2.35. The number of benzene rings is 3. The maximum absolute atomic E-state index is 12.9. The Labute approximate surface area is 173 Å². The van der Waals surface area contributed by atoms with Gasteiger partial charge in [0.1, 0.15) is 0 Å². The van der Waals surface area contributed by atoms with Gasteiger partial charge >= 0.3 is 0 Å². The van der Waals surface area contributed by atoms with Crippen LogP contribution in [-0.2, 0) is 10.0 Å². The second-order valence-corrected chi connectivity index (χ2v) is 8.38. The van der Waals surface area contributed by atoms with Gasteiger partial charge in [0.25, 0.3) is 15.7 Å². The summed E-state index contributed by atoms with van der Waals surface area (Å²) in [5.74, 6) is 0.120. The number of rotatable bonds is 4. The Balaban J connectivity index is 1.87. The van der Waals surface area contributed by atoms with Crippen LogP contribution in [0.25, 0.3) is 11.6 Å². The summed E-state index contributed by atoms with van der Waals surface area (Å²) in [6.45, 7) is 1.87. The molecular formula is C22H17N3O4S. The lowest BCUT2D eigenvalue weighted by Crippen LogP contribution is -2.10. The van der Waals surface area contributed by atoms with Gasteiger partial charge in [-0.3, -0.25) is 10.1 Å². The zero-order valence-electron chi connectivity index (χ0n) is 15.9. The average molecular weight is 419 g/mol. The van der Waals surface area contributed by atoms with E-state index in [1.807, 2.05) is 25.1 Å². The molecule has 0 saturated heterocycles. The Bertz CT molecular complexity index is 1310. The van der Waals surface area contributed by atoms with Gasteiger partial charge in [-0.2, -0.15) is 8.42 Å². The number of fused-ring (bicyclic) bond motifs is 1. The van der Waals surface area contributed by atoms with Crippen molar-refractivity contribution in [3.63, 3.8) is 0 Å². The molecule has 0 aromatic heterocycles. The number of aryl methyl sites for hydroxylation is 1. The minimum atomic E-state index is -3.98. The van der Waals surface area contributed by atoms with Gasteiger partial charge in [0, 0.05) is 22.9 Å². The predicted molar refractivity (Wildman–Crippen MR) is 117 cm³/mol. The highest BCUT2D eigenvalue weighted by Gasteiger charge is 2.26. The van der Waals surface area contributed by atoms with E-state index in [1.54, 1.807) is 42.5 Å². The van der Waals surface area contributed by atoms with Gasteiger partial charge < -0.3 is 5.32 Å². The fraction of sp³-hybridized carbons (Fsp3) is 0.0455. The molecule has 150 valence electrons. The fourth-order valence-corrected chi connectivity index (χ4v) is 4.15. The fourth-order valence-electron chi connectivity index (χ4n) is 3.18. The smallest absolute Gasteiger partial charge is 0.284 e. The molecule has 4 rings (SSSR count). The minimum Gasteiger partial charge on any atom is -0.339 e. The maximum atomic E-state index is 12.9. The number of nitrogens with zero attached hydrogens (tertiary/aromatic N) is 2. The molecule has 1 aliphatic heterocycles. The van der Waals surface area contributed by atoms with E-state index in [1.165, 1.54) is 18.2 Å². The van der Waals surface area contributed by atoms with E-state index in [0.29, 0.717) is 22.4 Å². The van der Waals surface area contributed by atoms with E-state index >= 15 is 0 Å². The summed E-state index contributed by atoms with van der Waals surface area (Å²) in [7, 11) is -3.98. The SMILES string of the molecule is Cc1ccc(S(=O)(=O)/N=C2\Nc3ccccc3\C2=C/c2ccccc2[N+](=O)[O-])cc1. The summed E-state index contributed by atoms with van der Waals surface area (Å²) >= 11 is 0. The molecule has 0 atom stereocenters. The van der Waals surface area contributed by atoms with Crippen LogP contribution in [0.15, 0.2) is 82.1 Å². The predicted octanol–water partition coefficient (Wildman–Crippen LogP) is 4.66. The van der Waals surface area contributed by atoms with Gasteiger partial charge in [-0.25, -0.2) is 0 Å². The highest BCUT2D eigenvalue weighted by molar-refractivity contribution is 7.90. The zero-order chi connectivity index (χ0) is 21.3. The molecule has 3 aromatic rings. The molecule has 0 unspecified atom stereocenters.